The summed E-state index contributed by atoms with van der Waals surface area (Å²) in [5.74, 6) is -4.35. The Kier molecular flexibility index (Phi) is 7.34. The van der Waals surface area contributed by atoms with Gasteiger partial charge in [-0.15, -0.1) is 0 Å². The van der Waals surface area contributed by atoms with Crippen LogP contribution < -0.4 is 10.2 Å². The summed E-state index contributed by atoms with van der Waals surface area (Å²) in [4.78, 5) is 43.4. The van der Waals surface area contributed by atoms with Crippen LogP contribution in [0.15, 0.2) is 35.3 Å². The average Bonchev–Trinajstić information content (AvgIpc) is 3.29. The maximum atomic E-state index is 15.1. The van der Waals surface area contributed by atoms with Crippen molar-refractivity contribution in [2.45, 2.75) is 45.8 Å². The van der Waals surface area contributed by atoms with E-state index in [1.54, 1.807) is 20.8 Å². The molecule has 0 spiro atoms. The third-order valence-electron chi connectivity index (χ3n) is 5.64. The summed E-state index contributed by atoms with van der Waals surface area (Å²) < 4.78 is 60.4. The van der Waals surface area contributed by atoms with Crippen molar-refractivity contribution in [3.8, 4) is 11.6 Å². The fourth-order valence-corrected chi connectivity index (χ4v) is 3.98. The van der Waals surface area contributed by atoms with Crippen LogP contribution >= 0.6 is 0 Å². The van der Waals surface area contributed by atoms with Crippen molar-refractivity contribution >= 4 is 23.1 Å². The smallest absolute Gasteiger partial charge is 0.410 e. The molecule has 0 N–H and O–H groups in total. The molecule has 1 aliphatic rings. The molecule has 1 atom stereocenters. The van der Waals surface area contributed by atoms with Crippen LogP contribution in [-0.2, 0) is 9.47 Å². The Balaban J connectivity index is 1.76. The van der Waals surface area contributed by atoms with Crippen molar-refractivity contribution in [1.82, 2.24) is 14.5 Å². The second-order valence-corrected chi connectivity index (χ2v) is 9.66. The number of aromatic nitrogens is 2. The molecule has 202 valence electrons. The van der Waals surface area contributed by atoms with Crippen LogP contribution in [0.1, 0.15) is 44.5 Å². The van der Waals surface area contributed by atoms with Gasteiger partial charge in [-0.05, 0) is 45.9 Å². The van der Waals surface area contributed by atoms with Gasteiger partial charge in [0.05, 0.1) is 24.2 Å². The number of esters is 1. The molecule has 0 radical (unpaired) electrons. The zero-order chi connectivity index (χ0) is 27.8. The summed E-state index contributed by atoms with van der Waals surface area (Å²) in [6, 6.07) is 3.52. The van der Waals surface area contributed by atoms with Crippen LogP contribution in [0.2, 0.25) is 0 Å². The quantitative estimate of drug-likeness (QED) is 0.449. The van der Waals surface area contributed by atoms with E-state index < -0.39 is 58.1 Å². The molecule has 38 heavy (non-hydrogen) atoms. The van der Waals surface area contributed by atoms with Gasteiger partial charge < -0.3 is 19.1 Å². The number of pyridine rings is 2. The van der Waals surface area contributed by atoms with Gasteiger partial charge in [-0.25, -0.2) is 22.8 Å². The number of carbonyl (C=O) groups excluding carboxylic acids is 2. The zero-order valence-corrected chi connectivity index (χ0v) is 21.2. The van der Waals surface area contributed by atoms with E-state index in [-0.39, 0.29) is 29.9 Å². The van der Waals surface area contributed by atoms with Gasteiger partial charge in [0.2, 0.25) is 5.43 Å². The second-order valence-electron chi connectivity index (χ2n) is 9.66. The van der Waals surface area contributed by atoms with Gasteiger partial charge >= 0.3 is 12.1 Å². The molecule has 1 unspecified atom stereocenters. The molecular formula is C26H26F3N3O6. The van der Waals surface area contributed by atoms with Crippen molar-refractivity contribution in [3.63, 3.8) is 0 Å². The van der Waals surface area contributed by atoms with E-state index in [1.165, 1.54) is 11.8 Å². The molecule has 3 heterocycles. The van der Waals surface area contributed by atoms with Gasteiger partial charge in [0.15, 0.2) is 11.5 Å². The lowest BCUT2D eigenvalue weighted by Gasteiger charge is -2.24. The first-order chi connectivity index (χ1) is 17.9. The van der Waals surface area contributed by atoms with Gasteiger partial charge in [0.1, 0.15) is 28.9 Å². The van der Waals surface area contributed by atoms with Crippen LogP contribution in [0, 0.1) is 17.5 Å². The highest BCUT2D eigenvalue weighted by atomic mass is 19.1. The molecule has 1 saturated heterocycles. The first-order valence-electron chi connectivity index (χ1n) is 11.9. The molecular weight excluding hydrogens is 507 g/mol. The number of carbonyl (C=O) groups is 2. The minimum absolute atomic E-state index is 0.0394. The molecule has 1 aliphatic heterocycles. The van der Waals surface area contributed by atoms with Crippen molar-refractivity contribution in [1.29, 1.82) is 0 Å². The molecule has 1 fully saturated rings. The molecule has 2 aromatic heterocycles. The number of amides is 1. The van der Waals surface area contributed by atoms with Crippen molar-refractivity contribution in [2.24, 2.45) is 0 Å². The summed E-state index contributed by atoms with van der Waals surface area (Å²) >= 11 is 0. The number of ether oxygens (including phenoxy) is 3. The van der Waals surface area contributed by atoms with Crippen molar-refractivity contribution < 1.29 is 37.0 Å². The summed E-state index contributed by atoms with van der Waals surface area (Å²) in [5, 5.41) is -0.342. The van der Waals surface area contributed by atoms with Gasteiger partial charge in [0, 0.05) is 25.2 Å². The number of rotatable bonds is 5. The first-order valence-corrected chi connectivity index (χ1v) is 11.9. The lowest BCUT2D eigenvalue weighted by Crippen LogP contribution is -2.36. The predicted octanol–water partition coefficient (Wildman–Crippen LogP) is 4.37. The first kappa shape index (κ1) is 27.0. The second kappa shape index (κ2) is 10.3. The Morgan fingerprint density at radius 3 is 2.53 bits per heavy atom. The largest absolute Gasteiger partial charge is 0.470 e. The van der Waals surface area contributed by atoms with Gasteiger partial charge in [-0.1, -0.05) is 0 Å². The Hall–Kier alpha value is -4.09. The van der Waals surface area contributed by atoms with E-state index in [2.05, 4.69) is 4.98 Å². The number of hydrogen-bond acceptors (Lipinski definition) is 7. The van der Waals surface area contributed by atoms with Crippen molar-refractivity contribution in [2.75, 3.05) is 19.7 Å². The summed E-state index contributed by atoms with van der Waals surface area (Å²) in [6.45, 7) is 7.12. The van der Waals surface area contributed by atoms with Crippen LogP contribution in [-0.4, -0.2) is 57.9 Å². The normalized spacial score (nSPS) is 15.6. The average molecular weight is 534 g/mol. The molecule has 4 rings (SSSR count). The molecule has 12 heteroatoms. The highest BCUT2D eigenvalue weighted by Gasteiger charge is 2.32. The van der Waals surface area contributed by atoms with E-state index in [1.807, 2.05) is 0 Å². The van der Waals surface area contributed by atoms with Gasteiger partial charge in [0.25, 0.3) is 5.88 Å². The van der Waals surface area contributed by atoms with Crippen LogP contribution in [0.4, 0.5) is 18.0 Å². The van der Waals surface area contributed by atoms with E-state index in [9.17, 15) is 23.2 Å². The third kappa shape index (κ3) is 5.58. The molecule has 1 amide bonds. The van der Waals surface area contributed by atoms with Crippen molar-refractivity contribution in [3.05, 3.63) is 63.7 Å². The Morgan fingerprint density at radius 1 is 1.13 bits per heavy atom. The highest BCUT2D eigenvalue weighted by Crippen LogP contribution is 2.26. The number of nitrogens with zero attached hydrogens (tertiary/aromatic N) is 3. The maximum Gasteiger partial charge on any atom is 0.410 e. The third-order valence-corrected chi connectivity index (χ3v) is 5.64. The van der Waals surface area contributed by atoms with E-state index >= 15 is 4.39 Å². The SMILES string of the molecule is CCOC(=O)c1cn(-c2ccc(F)cc2F)c2nc(OC3CCN(C(=O)OC(C)(C)C)C3)c(F)cc2c1=O. The molecule has 0 saturated carbocycles. The van der Waals surface area contributed by atoms with Gasteiger partial charge in [-0.2, -0.15) is 4.98 Å². The molecule has 0 bridgehead atoms. The monoisotopic (exact) mass is 533 g/mol. The Bertz CT molecular complexity index is 1470. The molecule has 0 aliphatic carbocycles. The fraction of sp³-hybridized carbons (Fsp3) is 0.385. The maximum absolute atomic E-state index is 15.1. The van der Waals surface area contributed by atoms with E-state index in [0.29, 0.717) is 19.0 Å². The number of benzene rings is 1. The highest BCUT2D eigenvalue weighted by molar-refractivity contribution is 5.93. The summed E-state index contributed by atoms with van der Waals surface area (Å²) in [6.07, 6.45) is 0.193. The standard InChI is InChI=1S/C26H26F3N3O6/c1-5-36-24(34)17-13-32(20-7-6-14(27)10-18(20)28)22-16(21(17)33)11-19(29)23(30-22)37-15-8-9-31(12-15)25(35)38-26(2,3)4/h6-7,10-11,13,15H,5,8-9,12H2,1-4H3. The Labute approximate surface area is 215 Å². The summed E-state index contributed by atoms with van der Waals surface area (Å²) in [7, 11) is 0. The number of hydrogen-bond donors (Lipinski definition) is 0. The van der Waals surface area contributed by atoms with E-state index in [4.69, 9.17) is 14.2 Å². The topological polar surface area (TPSA) is 100.0 Å². The zero-order valence-electron chi connectivity index (χ0n) is 21.2. The number of fused-ring (bicyclic) bond motifs is 1. The lowest BCUT2D eigenvalue weighted by atomic mass is 10.1. The molecule has 9 nitrogen and oxygen atoms in total. The minimum Gasteiger partial charge on any atom is -0.470 e. The minimum atomic E-state index is -1.01. The number of likely N-dealkylation sites (tertiary alicyclic amines) is 1. The summed E-state index contributed by atoms with van der Waals surface area (Å²) in [5.41, 5.74) is -2.53. The van der Waals surface area contributed by atoms with Crippen LogP contribution in [0.25, 0.3) is 16.7 Å². The lowest BCUT2D eigenvalue weighted by molar-refractivity contribution is 0.0274. The van der Waals surface area contributed by atoms with Crippen LogP contribution in [0.3, 0.4) is 0 Å². The van der Waals surface area contributed by atoms with Crippen LogP contribution in [0.5, 0.6) is 5.88 Å². The van der Waals surface area contributed by atoms with E-state index in [0.717, 1.165) is 29.0 Å². The predicted molar refractivity (Wildman–Crippen MR) is 130 cm³/mol. The molecule has 1 aromatic carbocycles. The van der Waals surface area contributed by atoms with Gasteiger partial charge in [-0.3, -0.25) is 9.36 Å². The fourth-order valence-electron chi connectivity index (χ4n) is 3.98. The number of halogens is 3. The molecule has 3 aromatic rings. The Morgan fingerprint density at radius 2 is 1.87 bits per heavy atom.